The number of nitrogens with zero attached hydrogens (tertiary/aromatic N) is 3. The van der Waals surface area contributed by atoms with Gasteiger partial charge in [0.15, 0.2) is 0 Å². The van der Waals surface area contributed by atoms with Crippen molar-refractivity contribution < 1.29 is 4.79 Å². The molecular formula is C15H25N3OS. The molecule has 1 aromatic rings. The number of rotatable bonds is 5. The summed E-state index contributed by atoms with van der Waals surface area (Å²) in [5.41, 5.74) is 0. The summed E-state index contributed by atoms with van der Waals surface area (Å²) in [4.78, 5) is 18.6. The van der Waals surface area contributed by atoms with E-state index in [2.05, 4.69) is 29.6 Å². The normalized spacial score (nSPS) is 16.9. The average Bonchev–Trinajstić information content (AvgIpc) is 2.94. The van der Waals surface area contributed by atoms with Crippen molar-refractivity contribution in [1.82, 2.24) is 14.5 Å². The minimum Gasteiger partial charge on any atom is -0.343 e. The summed E-state index contributed by atoms with van der Waals surface area (Å²) in [7, 11) is 0. The molecule has 2 rings (SSSR count). The summed E-state index contributed by atoms with van der Waals surface area (Å²) in [5, 5.41) is 0. The maximum absolute atomic E-state index is 12.0. The minimum atomic E-state index is 0.310. The lowest BCUT2D eigenvalue weighted by Crippen LogP contribution is -2.38. The first-order chi connectivity index (χ1) is 9.63. The molecule has 1 aromatic heterocycles. The van der Waals surface area contributed by atoms with E-state index in [0.717, 1.165) is 31.7 Å². The Labute approximate surface area is 125 Å². The predicted octanol–water partition coefficient (Wildman–Crippen LogP) is 2.92. The van der Waals surface area contributed by atoms with Crippen LogP contribution in [-0.4, -0.2) is 45.5 Å². The van der Waals surface area contributed by atoms with Gasteiger partial charge in [-0.05, 0) is 32.9 Å². The zero-order valence-corrected chi connectivity index (χ0v) is 13.5. The van der Waals surface area contributed by atoms with E-state index in [1.807, 2.05) is 17.4 Å². The van der Waals surface area contributed by atoms with Crippen LogP contribution in [0.1, 0.15) is 50.9 Å². The molecule has 1 amide bonds. The predicted molar refractivity (Wildman–Crippen MR) is 84.2 cm³/mol. The van der Waals surface area contributed by atoms with Crippen LogP contribution in [0.25, 0.3) is 0 Å². The average molecular weight is 295 g/mol. The van der Waals surface area contributed by atoms with Gasteiger partial charge in [-0.25, -0.2) is 4.98 Å². The molecule has 0 radical (unpaired) electrons. The molecule has 20 heavy (non-hydrogen) atoms. The molecule has 0 unspecified atom stereocenters. The molecule has 1 saturated heterocycles. The maximum Gasteiger partial charge on any atom is 0.223 e. The molecule has 0 saturated carbocycles. The number of likely N-dealkylation sites (tertiary alicyclic amines) is 1. The summed E-state index contributed by atoms with van der Waals surface area (Å²) < 4.78 is 2.26. The molecule has 2 heterocycles. The van der Waals surface area contributed by atoms with Gasteiger partial charge in [0.2, 0.25) is 5.91 Å². The zero-order valence-electron chi connectivity index (χ0n) is 12.7. The summed E-state index contributed by atoms with van der Waals surface area (Å²) in [6, 6.07) is 0.453. The Kier molecular flexibility index (Phi) is 5.52. The standard InChI is InChI=1S/C15H25N3OS/c1-12(2)18-10-7-16-15(18)13-4-8-17(9-5-13)14(19)6-11-20-3/h7,10,12-13H,4-6,8-9,11H2,1-3H3. The molecule has 0 N–H and O–H groups in total. The molecule has 0 bridgehead atoms. The first-order valence-corrected chi connectivity index (χ1v) is 8.82. The van der Waals surface area contributed by atoms with Crippen LogP contribution >= 0.6 is 11.8 Å². The van der Waals surface area contributed by atoms with E-state index in [4.69, 9.17) is 0 Å². The Morgan fingerprint density at radius 3 is 2.75 bits per heavy atom. The number of thioether (sulfide) groups is 1. The van der Waals surface area contributed by atoms with E-state index in [9.17, 15) is 4.79 Å². The lowest BCUT2D eigenvalue weighted by Gasteiger charge is -2.32. The second-order valence-electron chi connectivity index (χ2n) is 5.68. The fourth-order valence-electron chi connectivity index (χ4n) is 2.81. The van der Waals surface area contributed by atoms with E-state index in [1.165, 1.54) is 5.82 Å². The van der Waals surface area contributed by atoms with E-state index in [1.54, 1.807) is 11.8 Å². The highest BCUT2D eigenvalue weighted by Crippen LogP contribution is 2.28. The lowest BCUT2D eigenvalue weighted by atomic mass is 9.95. The van der Waals surface area contributed by atoms with Gasteiger partial charge in [-0.2, -0.15) is 11.8 Å². The minimum absolute atomic E-state index is 0.310. The molecule has 0 atom stereocenters. The smallest absolute Gasteiger partial charge is 0.223 e. The van der Waals surface area contributed by atoms with Gasteiger partial charge < -0.3 is 9.47 Å². The highest BCUT2D eigenvalue weighted by Gasteiger charge is 2.26. The van der Waals surface area contributed by atoms with Crippen LogP contribution in [0, 0.1) is 0 Å². The van der Waals surface area contributed by atoms with Crippen molar-refractivity contribution in [2.24, 2.45) is 0 Å². The second kappa shape index (κ2) is 7.16. The van der Waals surface area contributed by atoms with Crippen molar-refractivity contribution >= 4 is 17.7 Å². The van der Waals surface area contributed by atoms with Gasteiger partial charge in [-0.3, -0.25) is 4.79 Å². The van der Waals surface area contributed by atoms with E-state index >= 15 is 0 Å². The Morgan fingerprint density at radius 1 is 1.45 bits per heavy atom. The van der Waals surface area contributed by atoms with E-state index in [0.29, 0.717) is 24.3 Å². The topological polar surface area (TPSA) is 38.1 Å². The van der Waals surface area contributed by atoms with E-state index < -0.39 is 0 Å². The fraction of sp³-hybridized carbons (Fsp3) is 0.733. The Bertz CT molecular complexity index is 436. The molecule has 1 aliphatic rings. The quantitative estimate of drug-likeness (QED) is 0.838. The van der Waals surface area contributed by atoms with Crippen molar-refractivity contribution in [3.63, 3.8) is 0 Å². The third-order valence-corrected chi connectivity index (χ3v) is 4.60. The zero-order chi connectivity index (χ0) is 14.5. The molecule has 1 fully saturated rings. The number of hydrogen-bond donors (Lipinski definition) is 0. The largest absolute Gasteiger partial charge is 0.343 e. The monoisotopic (exact) mass is 295 g/mol. The van der Waals surface area contributed by atoms with Gasteiger partial charge in [0.25, 0.3) is 0 Å². The fourth-order valence-corrected chi connectivity index (χ4v) is 3.19. The van der Waals surface area contributed by atoms with Crippen molar-refractivity contribution in [3.8, 4) is 0 Å². The number of carbonyl (C=O) groups excluding carboxylic acids is 1. The number of aromatic nitrogens is 2. The Balaban J connectivity index is 1.91. The van der Waals surface area contributed by atoms with Crippen LogP contribution in [0.5, 0.6) is 0 Å². The van der Waals surface area contributed by atoms with Gasteiger partial charge in [0.1, 0.15) is 5.82 Å². The molecule has 5 heteroatoms. The molecule has 1 aliphatic heterocycles. The van der Waals surface area contributed by atoms with Crippen LogP contribution in [0.3, 0.4) is 0 Å². The molecule has 0 aromatic carbocycles. The second-order valence-corrected chi connectivity index (χ2v) is 6.67. The summed E-state index contributed by atoms with van der Waals surface area (Å²) in [6.45, 7) is 6.13. The van der Waals surface area contributed by atoms with Crippen molar-refractivity contribution in [2.75, 3.05) is 25.1 Å². The summed E-state index contributed by atoms with van der Waals surface area (Å²) in [6.07, 6.45) is 8.75. The van der Waals surface area contributed by atoms with Crippen LogP contribution < -0.4 is 0 Å². The first kappa shape index (κ1) is 15.4. The van der Waals surface area contributed by atoms with Crippen molar-refractivity contribution in [1.29, 1.82) is 0 Å². The Morgan fingerprint density at radius 2 is 2.15 bits per heavy atom. The summed E-state index contributed by atoms with van der Waals surface area (Å²) >= 11 is 1.74. The molecule has 0 spiro atoms. The third-order valence-electron chi connectivity index (χ3n) is 3.99. The third kappa shape index (κ3) is 3.57. The van der Waals surface area contributed by atoms with Crippen LogP contribution in [0.15, 0.2) is 12.4 Å². The van der Waals surface area contributed by atoms with Crippen molar-refractivity contribution in [3.05, 3.63) is 18.2 Å². The van der Waals surface area contributed by atoms with Gasteiger partial charge in [-0.1, -0.05) is 0 Å². The highest BCUT2D eigenvalue weighted by atomic mass is 32.2. The number of carbonyl (C=O) groups is 1. The maximum atomic E-state index is 12.0. The van der Waals surface area contributed by atoms with Gasteiger partial charge in [-0.15, -0.1) is 0 Å². The number of hydrogen-bond acceptors (Lipinski definition) is 3. The highest BCUT2D eigenvalue weighted by molar-refractivity contribution is 7.98. The van der Waals surface area contributed by atoms with Gasteiger partial charge >= 0.3 is 0 Å². The number of imidazole rings is 1. The molecule has 4 nitrogen and oxygen atoms in total. The van der Waals surface area contributed by atoms with Crippen LogP contribution in [-0.2, 0) is 4.79 Å². The SMILES string of the molecule is CSCCC(=O)N1CCC(c2nccn2C(C)C)CC1. The van der Waals surface area contributed by atoms with Crippen molar-refractivity contribution in [2.45, 2.75) is 45.1 Å². The number of piperidine rings is 1. The summed E-state index contributed by atoms with van der Waals surface area (Å²) in [5.74, 6) is 2.93. The van der Waals surface area contributed by atoms with Crippen LogP contribution in [0.4, 0.5) is 0 Å². The number of amides is 1. The lowest BCUT2D eigenvalue weighted by molar-refractivity contribution is -0.131. The molecule has 0 aliphatic carbocycles. The van der Waals surface area contributed by atoms with Gasteiger partial charge in [0.05, 0.1) is 0 Å². The van der Waals surface area contributed by atoms with E-state index in [-0.39, 0.29) is 0 Å². The molecule has 112 valence electrons. The molecular weight excluding hydrogens is 270 g/mol. The van der Waals surface area contributed by atoms with Crippen LogP contribution in [0.2, 0.25) is 0 Å². The Hall–Kier alpha value is -0.970. The van der Waals surface area contributed by atoms with Gasteiger partial charge in [0, 0.05) is 49.6 Å². The first-order valence-electron chi connectivity index (χ1n) is 7.43.